The van der Waals surface area contributed by atoms with Gasteiger partial charge in [0.25, 0.3) is 0 Å². The largest absolute Gasteiger partial charge is 0.481 e. The Morgan fingerprint density at radius 2 is 2.06 bits per heavy atom. The highest BCUT2D eigenvalue weighted by Crippen LogP contribution is 2.32. The van der Waals surface area contributed by atoms with E-state index in [1.807, 2.05) is 0 Å². The summed E-state index contributed by atoms with van der Waals surface area (Å²) in [5.74, 6) is -3.35. The Bertz CT molecular complexity index is 404. The van der Waals surface area contributed by atoms with Gasteiger partial charge in [-0.25, -0.2) is 0 Å². The van der Waals surface area contributed by atoms with Crippen LogP contribution in [0.3, 0.4) is 0 Å². The Balaban J connectivity index is 2.83. The van der Waals surface area contributed by atoms with Gasteiger partial charge in [-0.15, -0.1) is 0 Å². The van der Waals surface area contributed by atoms with Crippen molar-refractivity contribution in [3.63, 3.8) is 0 Å². The lowest BCUT2D eigenvalue weighted by Gasteiger charge is -2.18. The normalized spacial score (nSPS) is 13.4. The number of rotatable bonds is 4. The first-order valence-electron chi connectivity index (χ1n) is 4.82. The molecule has 0 aromatic heterocycles. The number of aliphatic carboxylic acids is 1. The van der Waals surface area contributed by atoms with Gasteiger partial charge in [0.15, 0.2) is 0 Å². The predicted octanol–water partition coefficient (Wildman–Crippen LogP) is 3.54. The zero-order valence-corrected chi connectivity index (χ0v) is 9.42. The van der Waals surface area contributed by atoms with Crippen LogP contribution in [0.25, 0.3) is 0 Å². The molecule has 1 atom stereocenters. The highest BCUT2D eigenvalue weighted by Gasteiger charge is 2.40. The first kappa shape index (κ1) is 13.8. The second-order valence-electron chi connectivity index (χ2n) is 3.67. The number of carboxylic acids is 1. The smallest absolute Gasteiger partial charge is 0.392 e. The fraction of sp³-hybridized carbons (Fsp3) is 0.364. The highest BCUT2D eigenvalue weighted by molar-refractivity contribution is 6.30. The standard InChI is InChI=1S/C11H10ClF3O2/c12-9-3-1-2-7(5-9)4-8(6-10(16)17)11(13,14)15/h1-3,5,8H,4,6H2,(H,16,17). The van der Waals surface area contributed by atoms with Gasteiger partial charge in [0.1, 0.15) is 0 Å². The molecule has 1 N–H and O–H groups in total. The van der Waals surface area contributed by atoms with Crippen LogP contribution in [0.5, 0.6) is 0 Å². The van der Waals surface area contributed by atoms with Crippen molar-refractivity contribution in [1.82, 2.24) is 0 Å². The molecule has 0 aliphatic rings. The number of carboxylic acid groups (broad SMARTS) is 1. The van der Waals surface area contributed by atoms with Gasteiger partial charge < -0.3 is 5.11 Å². The summed E-state index contributed by atoms with van der Waals surface area (Å²) < 4.78 is 37.7. The van der Waals surface area contributed by atoms with E-state index < -0.39 is 24.5 Å². The SMILES string of the molecule is O=C(O)CC(Cc1cccc(Cl)c1)C(F)(F)F. The molecule has 0 spiro atoms. The van der Waals surface area contributed by atoms with E-state index in [-0.39, 0.29) is 6.42 Å². The summed E-state index contributed by atoms with van der Waals surface area (Å²) >= 11 is 5.65. The highest BCUT2D eigenvalue weighted by atomic mass is 35.5. The quantitative estimate of drug-likeness (QED) is 0.905. The minimum atomic E-state index is -4.53. The van der Waals surface area contributed by atoms with Crippen LogP contribution in [0.1, 0.15) is 12.0 Å². The minimum absolute atomic E-state index is 0.332. The van der Waals surface area contributed by atoms with Crippen molar-refractivity contribution in [3.8, 4) is 0 Å². The second kappa shape index (κ2) is 5.40. The molecule has 6 heteroatoms. The zero-order chi connectivity index (χ0) is 13.1. The lowest BCUT2D eigenvalue weighted by atomic mass is 9.96. The first-order valence-corrected chi connectivity index (χ1v) is 5.20. The Hall–Kier alpha value is -1.23. The van der Waals surface area contributed by atoms with Crippen LogP contribution in [0.4, 0.5) is 13.2 Å². The molecule has 0 heterocycles. The average molecular weight is 267 g/mol. The van der Waals surface area contributed by atoms with Crippen LogP contribution in [0.2, 0.25) is 5.02 Å². The molecule has 0 radical (unpaired) electrons. The van der Waals surface area contributed by atoms with Crippen LogP contribution >= 0.6 is 11.6 Å². The molecule has 2 nitrogen and oxygen atoms in total. The number of carbonyl (C=O) groups is 1. The van der Waals surface area contributed by atoms with Crippen LogP contribution in [-0.4, -0.2) is 17.3 Å². The predicted molar refractivity (Wildman–Crippen MR) is 57.0 cm³/mol. The van der Waals surface area contributed by atoms with E-state index in [0.29, 0.717) is 10.6 Å². The molecule has 0 saturated carbocycles. The van der Waals surface area contributed by atoms with Gasteiger partial charge in [0, 0.05) is 5.02 Å². The summed E-state index contributed by atoms with van der Waals surface area (Å²) in [5, 5.41) is 8.79. The third-order valence-corrected chi connectivity index (χ3v) is 2.49. The van der Waals surface area contributed by atoms with Crippen molar-refractivity contribution >= 4 is 17.6 Å². The molecule has 0 fully saturated rings. The van der Waals surface area contributed by atoms with E-state index in [2.05, 4.69) is 0 Å². The molecule has 0 aliphatic carbocycles. The van der Waals surface area contributed by atoms with Gasteiger partial charge in [0.05, 0.1) is 12.3 Å². The molecule has 1 rings (SSSR count). The van der Waals surface area contributed by atoms with Gasteiger partial charge in [-0.3, -0.25) is 4.79 Å². The van der Waals surface area contributed by atoms with Crippen LogP contribution in [0, 0.1) is 5.92 Å². The maximum absolute atomic E-state index is 12.6. The van der Waals surface area contributed by atoms with Crippen LogP contribution in [-0.2, 0) is 11.2 Å². The molecule has 0 aliphatic heterocycles. The molecular weight excluding hydrogens is 257 g/mol. The summed E-state index contributed by atoms with van der Waals surface area (Å²) in [5.41, 5.74) is 0.376. The molecular formula is C11H10ClF3O2. The van der Waals surface area contributed by atoms with E-state index >= 15 is 0 Å². The third kappa shape index (κ3) is 4.65. The van der Waals surface area contributed by atoms with Crippen molar-refractivity contribution in [3.05, 3.63) is 34.9 Å². The first-order chi connectivity index (χ1) is 7.79. The van der Waals surface area contributed by atoms with Crippen molar-refractivity contribution < 1.29 is 23.1 Å². The topological polar surface area (TPSA) is 37.3 Å². The van der Waals surface area contributed by atoms with E-state index in [4.69, 9.17) is 16.7 Å². The molecule has 17 heavy (non-hydrogen) atoms. The van der Waals surface area contributed by atoms with Crippen LogP contribution < -0.4 is 0 Å². The van der Waals surface area contributed by atoms with Crippen LogP contribution in [0.15, 0.2) is 24.3 Å². The van der Waals surface area contributed by atoms with Gasteiger partial charge in [-0.05, 0) is 24.1 Å². The maximum atomic E-state index is 12.6. The number of hydrogen-bond donors (Lipinski definition) is 1. The Morgan fingerprint density at radius 1 is 1.41 bits per heavy atom. The van der Waals surface area contributed by atoms with Gasteiger partial charge in [0.2, 0.25) is 0 Å². The van der Waals surface area contributed by atoms with Crippen molar-refractivity contribution in [1.29, 1.82) is 0 Å². The van der Waals surface area contributed by atoms with Gasteiger partial charge >= 0.3 is 12.1 Å². The Labute approximate surface area is 101 Å². The third-order valence-electron chi connectivity index (χ3n) is 2.26. The molecule has 0 saturated heterocycles. The van der Waals surface area contributed by atoms with E-state index in [1.165, 1.54) is 18.2 Å². The molecule has 0 amide bonds. The van der Waals surface area contributed by atoms with Gasteiger partial charge in [-0.1, -0.05) is 23.7 Å². The maximum Gasteiger partial charge on any atom is 0.392 e. The molecule has 94 valence electrons. The summed E-state index contributed by atoms with van der Waals surface area (Å²) in [6.45, 7) is 0. The monoisotopic (exact) mass is 266 g/mol. The molecule has 1 aromatic carbocycles. The average Bonchev–Trinajstić information content (AvgIpc) is 2.14. The zero-order valence-electron chi connectivity index (χ0n) is 8.67. The fourth-order valence-corrected chi connectivity index (χ4v) is 1.68. The number of alkyl halides is 3. The molecule has 0 bridgehead atoms. The Morgan fingerprint density at radius 3 is 2.53 bits per heavy atom. The van der Waals surface area contributed by atoms with E-state index in [1.54, 1.807) is 6.07 Å². The lowest BCUT2D eigenvalue weighted by Crippen LogP contribution is -2.27. The number of hydrogen-bond acceptors (Lipinski definition) is 1. The minimum Gasteiger partial charge on any atom is -0.481 e. The fourth-order valence-electron chi connectivity index (χ4n) is 1.46. The Kier molecular flexibility index (Phi) is 4.40. The van der Waals surface area contributed by atoms with E-state index in [9.17, 15) is 18.0 Å². The van der Waals surface area contributed by atoms with Crippen molar-refractivity contribution in [2.24, 2.45) is 5.92 Å². The lowest BCUT2D eigenvalue weighted by molar-refractivity contribution is -0.182. The van der Waals surface area contributed by atoms with Crippen molar-refractivity contribution in [2.45, 2.75) is 19.0 Å². The number of halogens is 4. The molecule has 1 aromatic rings. The summed E-state index contributed by atoms with van der Waals surface area (Å²) in [7, 11) is 0. The van der Waals surface area contributed by atoms with Gasteiger partial charge in [-0.2, -0.15) is 13.2 Å². The number of benzene rings is 1. The second-order valence-corrected chi connectivity index (χ2v) is 4.11. The summed E-state index contributed by atoms with van der Waals surface area (Å²) in [6.07, 6.45) is -5.84. The molecule has 1 unspecified atom stereocenters. The van der Waals surface area contributed by atoms with Crippen molar-refractivity contribution in [2.75, 3.05) is 0 Å². The van der Waals surface area contributed by atoms with E-state index in [0.717, 1.165) is 0 Å². The summed E-state index contributed by atoms with van der Waals surface area (Å²) in [6, 6.07) is 5.98. The summed E-state index contributed by atoms with van der Waals surface area (Å²) in [4.78, 5) is 10.4.